The van der Waals surface area contributed by atoms with Gasteiger partial charge in [0.15, 0.2) is 0 Å². The van der Waals surface area contributed by atoms with Crippen LogP contribution >= 0.6 is 0 Å². The van der Waals surface area contributed by atoms with E-state index < -0.39 is 63.0 Å². The Balaban J connectivity index is 1.32. The summed E-state index contributed by atoms with van der Waals surface area (Å²) in [6.07, 6.45) is -1.44. The van der Waals surface area contributed by atoms with Crippen LogP contribution in [-0.2, 0) is 24.3 Å². The Kier molecular flexibility index (Phi) is 12.5. The Morgan fingerprint density at radius 2 is 1.52 bits per heavy atom. The average molecular weight is 836 g/mol. The van der Waals surface area contributed by atoms with Gasteiger partial charge in [-0.3, -0.25) is 14.4 Å². The zero-order chi connectivity index (χ0) is 43.4. The van der Waals surface area contributed by atoms with E-state index in [0.29, 0.717) is 28.1 Å². The topological polar surface area (TPSA) is 182 Å². The standard InChI is InChI=1S/C45H49N5O9S/c1-44(2,3)39(48-43(54)59-45(4,5)6)42(53)50-27-32(58-38-26-35(28-15-10-8-11-16-28)47-36-24-31(57-7)21-22-34(36)38)25-37(50)41(52)46-30-18-14-17-29(23-30)40(51)49-60(55,56)33-19-12-9-13-20-33/h8-24,26,32,37,39H,25,27H2,1-7H3,(H,46,52)(H,48,54)(H,49,51)/t32-,37+,39-/m1/s1. The summed E-state index contributed by atoms with van der Waals surface area (Å²) in [6, 6.07) is 27.9. The Bertz CT molecular complexity index is 2500. The van der Waals surface area contributed by atoms with Crippen LogP contribution in [0.2, 0.25) is 0 Å². The van der Waals surface area contributed by atoms with E-state index in [4.69, 9.17) is 19.2 Å². The minimum Gasteiger partial charge on any atom is -0.497 e. The molecule has 1 aromatic heterocycles. The molecule has 5 aromatic rings. The molecule has 6 rings (SSSR count). The molecule has 1 saturated heterocycles. The Labute approximate surface area is 349 Å². The lowest BCUT2D eigenvalue weighted by Gasteiger charge is -2.35. The molecule has 2 heterocycles. The molecule has 0 spiro atoms. The molecular weight excluding hydrogens is 787 g/mol. The number of nitrogens with one attached hydrogen (secondary N) is 3. The maximum atomic E-state index is 14.7. The zero-order valence-electron chi connectivity index (χ0n) is 34.5. The third-order valence-corrected chi connectivity index (χ3v) is 11.0. The predicted octanol–water partition coefficient (Wildman–Crippen LogP) is 6.96. The average Bonchev–Trinajstić information content (AvgIpc) is 3.63. The summed E-state index contributed by atoms with van der Waals surface area (Å²) in [5.41, 5.74) is 0.600. The fourth-order valence-corrected chi connectivity index (χ4v) is 7.75. The van der Waals surface area contributed by atoms with Gasteiger partial charge in [-0.25, -0.2) is 22.9 Å². The maximum absolute atomic E-state index is 14.7. The van der Waals surface area contributed by atoms with Gasteiger partial charge in [0.2, 0.25) is 11.8 Å². The number of carbonyl (C=O) groups is 4. The number of benzene rings is 4. The molecule has 314 valence electrons. The number of nitrogens with zero attached hydrogens (tertiary/aromatic N) is 2. The Morgan fingerprint density at radius 3 is 2.17 bits per heavy atom. The SMILES string of the molecule is COc1ccc2c(O[C@@H]3C[C@@H](C(=O)Nc4cccc(C(=O)NS(=O)(=O)c5ccccc5)c4)N(C(=O)[C@@H](NC(=O)OC(C)(C)C)C(C)(C)C)C3)cc(-c3ccccc3)nc2c1. The summed E-state index contributed by atoms with van der Waals surface area (Å²) >= 11 is 0. The van der Waals surface area contributed by atoms with Gasteiger partial charge in [0.25, 0.3) is 15.9 Å². The summed E-state index contributed by atoms with van der Waals surface area (Å²) in [4.78, 5) is 61.4. The van der Waals surface area contributed by atoms with Crippen LogP contribution in [0, 0.1) is 5.41 Å². The molecule has 0 bridgehead atoms. The van der Waals surface area contributed by atoms with Gasteiger partial charge in [0, 0.05) is 40.8 Å². The lowest BCUT2D eigenvalue weighted by Crippen LogP contribution is -2.57. The number of aromatic nitrogens is 1. The number of methoxy groups -OCH3 is 1. The number of hydrogen-bond donors (Lipinski definition) is 3. The van der Waals surface area contributed by atoms with E-state index in [1.165, 1.54) is 47.4 Å². The third-order valence-electron chi connectivity index (χ3n) is 9.64. The van der Waals surface area contributed by atoms with Crippen LogP contribution in [0.15, 0.2) is 114 Å². The molecule has 4 aromatic carbocycles. The van der Waals surface area contributed by atoms with Crippen molar-refractivity contribution in [2.45, 2.75) is 76.6 Å². The van der Waals surface area contributed by atoms with E-state index in [-0.39, 0.29) is 29.1 Å². The van der Waals surface area contributed by atoms with Crippen LogP contribution in [0.25, 0.3) is 22.2 Å². The number of anilines is 1. The molecule has 1 aliphatic heterocycles. The van der Waals surface area contributed by atoms with Gasteiger partial charge >= 0.3 is 6.09 Å². The van der Waals surface area contributed by atoms with Crippen LogP contribution in [0.1, 0.15) is 58.3 Å². The number of rotatable bonds is 11. The number of sulfonamides is 1. The molecule has 0 saturated carbocycles. The van der Waals surface area contributed by atoms with Crippen molar-refractivity contribution in [1.82, 2.24) is 19.9 Å². The molecule has 0 unspecified atom stereocenters. The number of carbonyl (C=O) groups excluding carboxylic acids is 4. The van der Waals surface area contributed by atoms with Crippen LogP contribution < -0.4 is 24.8 Å². The Morgan fingerprint density at radius 1 is 0.833 bits per heavy atom. The largest absolute Gasteiger partial charge is 0.497 e. The number of fused-ring (bicyclic) bond motifs is 1. The first-order valence-electron chi connectivity index (χ1n) is 19.4. The van der Waals surface area contributed by atoms with E-state index >= 15 is 0 Å². The molecule has 3 N–H and O–H groups in total. The lowest BCUT2D eigenvalue weighted by atomic mass is 9.85. The summed E-state index contributed by atoms with van der Waals surface area (Å²) < 4.78 is 45.5. The summed E-state index contributed by atoms with van der Waals surface area (Å²) in [5.74, 6) is -0.954. The molecule has 4 amide bonds. The fraction of sp³-hybridized carbons (Fsp3) is 0.311. The van der Waals surface area contributed by atoms with Crippen LogP contribution in [0.4, 0.5) is 10.5 Å². The van der Waals surface area contributed by atoms with Crippen LogP contribution in [-0.4, -0.2) is 79.6 Å². The van der Waals surface area contributed by atoms with Crippen molar-refractivity contribution in [1.29, 1.82) is 0 Å². The predicted molar refractivity (Wildman–Crippen MR) is 227 cm³/mol. The van der Waals surface area contributed by atoms with Gasteiger partial charge in [-0.15, -0.1) is 0 Å². The van der Waals surface area contributed by atoms with Gasteiger partial charge < -0.3 is 29.7 Å². The molecule has 1 aliphatic rings. The first kappa shape index (κ1) is 43.1. The number of likely N-dealkylation sites (tertiary alicyclic amines) is 1. The molecule has 14 nitrogen and oxygen atoms in total. The summed E-state index contributed by atoms with van der Waals surface area (Å²) in [7, 11) is -2.61. The van der Waals surface area contributed by atoms with Gasteiger partial charge in [-0.2, -0.15) is 0 Å². The first-order valence-corrected chi connectivity index (χ1v) is 20.8. The maximum Gasteiger partial charge on any atom is 0.408 e. The lowest BCUT2D eigenvalue weighted by molar-refractivity contribution is -0.140. The second-order valence-corrected chi connectivity index (χ2v) is 18.2. The molecule has 15 heteroatoms. The van der Waals surface area contributed by atoms with Gasteiger partial charge in [0.1, 0.15) is 35.3 Å². The number of amides is 4. The quantitative estimate of drug-likeness (QED) is 0.126. The van der Waals surface area contributed by atoms with E-state index in [1.807, 2.05) is 42.5 Å². The van der Waals surface area contributed by atoms with Crippen LogP contribution in [0.5, 0.6) is 11.5 Å². The molecule has 60 heavy (non-hydrogen) atoms. The molecule has 0 aliphatic carbocycles. The second-order valence-electron chi connectivity index (χ2n) is 16.5. The van der Waals surface area contributed by atoms with Crippen molar-refractivity contribution < 1.29 is 41.8 Å². The highest BCUT2D eigenvalue weighted by Gasteiger charge is 2.46. The number of alkyl carbamates (subject to hydrolysis) is 1. The highest BCUT2D eigenvalue weighted by molar-refractivity contribution is 7.90. The minimum atomic E-state index is -4.17. The van der Waals surface area contributed by atoms with Gasteiger partial charge in [-0.1, -0.05) is 75.4 Å². The van der Waals surface area contributed by atoms with Crippen LogP contribution in [0.3, 0.4) is 0 Å². The smallest absolute Gasteiger partial charge is 0.408 e. The van der Waals surface area contributed by atoms with Gasteiger partial charge in [0.05, 0.1) is 29.8 Å². The normalized spacial score (nSPS) is 16.1. The monoisotopic (exact) mass is 835 g/mol. The van der Waals surface area contributed by atoms with E-state index in [9.17, 15) is 27.6 Å². The van der Waals surface area contributed by atoms with Crippen molar-refractivity contribution in [3.8, 4) is 22.8 Å². The van der Waals surface area contributed by atoms with Crippen molar-refractivity contribution in [3.63, 3.8) is 0 Å². The zero-order valence-corrected chi connectivity index (χ0v) is 35.3. The van der Waals surface area contributed by atoms with E-state index in [1.54, 1.807) is 72.9 Å². The van der Waals surface area contributed by atoms with E-state index in [0.717, 1.165) is 5.56 Å². The van der Waals surface area contributed by atoms with Crippen molar-refractivity contribution >= 4 is 50.4 Å². The molecule has 3 atom stereocenters. The number of hydrogen-bond acceptors (Lipinski definition) is 10. The van der Waals surface area contributed by atoms with E-state index in [2.05, 4.69) is 15.4 Å². The summed E-state index contributed by atoms with van der Waals surface area (Å²) in [6.45, 7) is 10.5. The number of ether oxygens (including phenoxy) is 3. The highest BCUT2D eigenvalue weighted by Crippen LogP contribution is 2.35. The number of pyridine rings is 1. The summed E-state index contributed by atoms with van der Waals surface area (Å²) in [5, 5.41) is 6.23. The fourth-order valence-electron chi connectivity index (χ4n) is 6.76. The van der Waals surface area contributed by atoms with Crippen molar-refractivity contribution in [3.05, 3.63) is 115 Å². The third kappa shape index (κ3) is 10.4. The first-order chi connectivity index (χ1) is 28.3. The van der Waals surface area contributed by atoms with Crippen molar-refractivity contribution in [2.75, 3.05) is 19.0 Å². The Hall–Kier alpha value is -6.48. The van der Waals surface area contributed by atoms with Gasteiger partial charge in [-0.05, 0) is 68.7 Å². The molecular formula is C45H49N5O9S. The highest BCUT2D eigenvalue weighted by atomic mass is 32.2. The van der Waals surface area contributed by atoms with Crippen molar-refractivity contribution in [2.24, 2.45) is 5.41 Å². The molecule has 1 fully saturated rings. The minimum absolute atomic E-state index is 0.0278. The molecule has 0 radical (unpaired) electrons. The second kappa shape index (κ2) is 17.4.